The quantitative estimate of drug-likeness (QED) is 0.784. The van der Waals surface area contributed by atoms with E-state index in [2.05, 4.69) is 0 Å². The number of nitrogens with two attached hydrogens (primary N) is 1. The third-order valence-electron chi connectivity index (χ3n) is 2.08. The van der Waals surface area contributed by atoms with Gasteiger partial charge >= 0.3 is 0 Å². The van der Waals surface area contributed by atoms with Crippen LogP contribution in [-0.4, -0.2) is 32.0 Å². The van der Waals surface area contributed by atoms with Crippen molar-refractivity contribution < 1.29 is 18.3 Å². The summed E-state index contributed by atoms with van der Waals surface area (Å²) in [6.45, 7) is 0.121. The largest absolute Gasteiger partial charge is 0.504 e. The van der Waals surface area contributed by atoms with Crippen molar-refractivity contribution in [1.82, 2.24) is 4.31 Å². The molecule has 0 saturated carbocycles. The molecule has 0 aromatic heterocycles. The topological polar surface area (TPSA) is 92.9 Å². The zero-order valence-electron chi connectivity index (χ0n) is 9.04. The average molecular weight is 246 g/mol. The first kappa shape index (κ1) is 12.8. The molecule has 0 aliphatic carbocycles. The van der Waals surface area contributed by atoms with Gasteiger partial charge in [0.15, 0.2) is 11.5 Å². The van der Waals surface area contributed by atoms with Gasteiger partial charge in [0, 0.05) is 13.6 Å². The minimum Gasteiger partial charge on any atom is -0.504 e. The summed E-state index contributed by atoms with van der Waals surface area (Å²) in [5.74, 6) is 0.296. The van der Waals surface area contributed by atoms with E-state index < -0.39 is 10.2 Å². The van der Waals surface area contributed by atoms with Gasteiger partial charge in [-0.2, -0.15) is 12.7 Å². The molecule has 90 valence electrons. The zero-order valence-corrected chi connectivity index (χ0v) is 9.86. The van der Waals surface area contributed by atoms with Crippen molar-refractivity contribution in [2.75, 3.05) is 14.2 Å². The van der Waals surface area contributed by atoms with E-state index >= 15 is 0 Å². The van der Waals surface area contributed by atoms with Gasteiger partial charge < -0.3 is 9.84 Å². The summed E-state index contributed by atoms with van der Waals surface area (Å²) in [5.41, 5.74) is 0.672. The molecular weight excluding hydrogens is 232 g/mol. The Labute approximate surface area is 94.4 Å². The van der Waals surface area contributed by atoms with Gasteiger partial charge in [-0.05, 0) is 17.7 Å². The number of rotatable bonds is 4. The first-order valence-electron chi connectivity index (χ1n) is 4.44. The van der Waals surface area contributed by atoms with Crippen molar-refractivity contribution in [3.8, 4) is 11.5 Å². The number of benzene rings is 1. The summed E-state index contributed by atoms with van der Waals surface area (Å²) in [4.78, 5) is 0. The number of aromatic hydroxyl groups is 1. The third-order valence-corrected chi connectivity index (χ3v) is 3.08. The van der Waals surface area contributed by atoms with Crippen LogP contribution < -0.4 is 9.88 Å². The lowest BCUT2D eigenvalue weighted by Gasteiger charge is -2.14. The highest BCUT2D eigenvalue weighted by molar-refractivity contribution is 7.86. The van der Waals surface area contributed by atoms with Crippen LogP contribution in [0.25, 0.3) is 0 Å². The molecule has 0 atom stereocenters. The number of phenolic OH excluding ortho intramolecular Hbond substituents is 1. The summed E-state index contributed by atoms with van der Waals surface area (Å²) in [6, 6.07) is 4.59. The number of ether oxygens (including phenoxy) is 1. The van der Waals surface area contributed by atoms with Crippen LogP contribution in [0.15, 0.2) is 18.2 Å². The second-order valence-electron chi connectivity index (χ2n) is 3.31. The molecular formula is C9H14N2O4S. The fourth-order valence-corrected chi connectivity index (χ4v) is 1.50. The van der Waals surface area contributed by atoms with Crippen molar-refractivity contribution in [2.24, 2.45) is 5.14 Å². The highest BCUT2D eigenvalue weighted by Crippen LogP contribution is 2.26. The monoisotopic (exact) mass is 246 g/mol. The third kappa shape index (κ3) is 3.09. The minimum absolute atomic E-state index is 0.00417. The molecule has 1 aromatic carbocycles. The van der Waals surface area contributed by atoms with Crippen LogP contribution in [-0.2, 0) is 16.8 Å². The van der Waals surface area contributed by atoms with Gasteiger partial charge in [0.1, 0.15) is 0 Å². The van der Waals surface area contributed by atoms with Gasteiger partial charge in [0.05, 0.1) is 7.11 Å². The Morgan fingerprint density at radius 1 is 1.50 bits per heavy atom. The Hall–Kier alpha value is -1.31. The van der Waals surface area contributed by atoms with Crippen molar-refractivity contribution in [2.45, 2.75) is 6.54 Å². The molecule has 1 aromatic rings. The summed E-state index contributed by atoms with van der Waals surface area (Å²) in [5, 5.41) is 14.3. The van der Waals surface area contributed by atoms with E-state index in [0.29, 0.717) is 11.3 Å². The standard InChI is InChI=1S/C9H14N2O4S/c1-11(16(10,13)14)6-7-3-4-8(12)9(5-7)15-2/h3-5,12H,6H2,1-2H3,(H2,10,13,14). The molecule has 3 N–H and O–H groups in total. The van der Waals surface area contributed by atoms with E-state index in [1.165, 1.54) is 20.2 Å². The fourth-order valence-electron chi connectivity index (χ4n) is 1.17. The molecule has 0 bridgehead atoms. The smallest absolute Gasteiger partial charge is 0.276 e. The summed E-state index contributed by atoms with van der Waals surface area (Å²) < 4.78 is 27.9. The van der Waals surface area contributed by atoms with Crippen molar-refractivity contribution in [1.29, 1.82) is 0 Å². The first-order valence-corrected chi connectivity index (χ1v) is 5.95. The van der Waals surface area contributed by atoms with Gasteiger partial charge in [0.25, 0.3) is 10.2 Å². The molecule has 6 nitrogen and oxygen atoms in total. The van der Waals surface area contributed by atoms with Gasteiger partial charge in [-0.3, -0.25) is 0 Å². The fraction of sp³-hybridized carbons (Fsp3) is 0.333. The molecule has 0 saturated heterocycles. The molecule has 0 heterocycles. The molecule has 0 aliphatic heterocycles. The predicted octanol–water partition coefficient (Wildman–Crippen LogP) is 0.0361. The van der Waals surface area contributed by atoms with Crippen LogP contribution in [0.4, 0.5) is 0 Å². The van der Waals surface area contributed by atoms with E-state index in [9.17, 15) is 13.5 Å². The van der Waals surface area contributed by atoms with Crippen molar-refractivity contribution >= 4 is 10.2 Å². The average Bonchev–Trinajstić information content (AvgIpc) is 2.19. The van der Waals surface area contributed by atoms with Crippen LogP contribution >= 0.6 is 0 Å². The molecule has 0 unspecified atom stereocenters. The lowest BCUT2D eigenvalue weighted by atomic mass is 10.2. The van der Waals surface area contributed by atoms with E-state index in [-0.39, 0.29) is 12.3 Å². The summed E-state index contributed by atoms with van der Waals surface area (Å²) >= 11 is 0. The summed E-state index contributed by atoms with van der Waals surface area (Å²) in [7, 11) is -0.912. The van der Waals surface area contributed by atoms with E-state index in [1.54, 1.807) is 12.1 Å². The van der Waals surface area contributed by atoms with Crippen LogP contribution in [0, 0.1) is 0 Å². The predicted molar refractivity (Wildman–Crippen MR) is 59.2 cm³/mol. The van der Waals surface area contributed by atoms with Gasteiger partial charge in [-0.1, -0.05) is 6.07 Å². The molecule has 0 spiro atoms. The Balaban J connectivity index is 2.91. The Morgan fingerprint density at radius 2 is 2.12 bits per heavy atom. The number of methoxy groups -OCH3 is 1. The number of nitrogens with zero attached hydrogens (tertiary/aromatic N) is 1. The van der Waals surface area contributed by atoms with Gasteiger partial charge in [-0.25, -0.2) is 5.14 Å². The lowest BCUT2D eigenvalue weighted by Crippen LogP contribution is -2.32. The number of hydrogen-bond acceptors (Lipinski definition) is 4. The maximum atomic E-state index is 11.0. The van der Waals surface area contributed by atoms with E-state index in [4.69, 9.17) is 9.88 Å². The second kappa shape index (κ2) is 4.69. The molecule has 1 rings (SSSR count). The first-order chi connectivity index (χ1) is 7.34. The van der Waals surface area contributed by atoms with Gasteiger partial charge in [0.2, 0.25) is 0 Å². The Kier molecular flexibility index (Phi) is 3.74. The van der Waals surface area contributed by atoms with E-state index in [1.807, 2.05) is 0 Å². The molecule has 0 radical (unpaired) electrons. The van der Waals surface area contributed by atoms with Crippen LogP contribution in [0.1, 0.15) is 5.56 Å². The zero-order chi connectivity index (χ0) is 12.3. The van der Waals surface area contributed by atoms with Crippen LogP contribution in [0.5, 0.6) is 11.5 Å². The molecule has 16 heavy (non-hydrogen) atoms. The Morgan fingerprint density at radius 3 is 2.62 bits per heavy atom. The highest BCUT2D eigenvalue weighted by Gasteiger charge is 2.12. The summed E-state index contributed by atoms with van der Waals surface area (Å²) in [6.07, 6.45) is 0. The lowest BCUT2D eigenvalue weighted by molar-refractivity contribution is 0.372. The molecule has 0 fully saturated rings. The molecule has 0 amide bonds. The molecule has 7 heteroatoms. The number of hydrogen-bond donors (Lipinski definition) is 2. The second-order valence-corrected chi connectivity index (χ2v) is 4.96. The van der Waals surface area contributed by atoms with Crippen molar-refractivity contribution in [3.05, 3.63) is 23.8 Å². The number of phenols is 1. The normalized spacial score (nSPS) is 11.8. The van der Waals surface area contributed by atoms with Crippen molar-refractivity contribution in [3.63, 3.8) is 0 Å². The highest BCUT2D eigenvalue weighted by atomic mass is 32.2. The SMILES string of the molecule is COc1cc(CN(C)S(N)(=O)=O)ccc1O. The van der Waals surface area contributed by atoms with Crippen LogP contribution in [0.2, 0.25) is 0 Å². The molecule has 0 aliphatic rings. The minimum atomic E-state index is -3.70. The van der Waals surface area contributed by atoms with Gasteiger partial charge in [-0.15, -0.1) is 0 Å². The maximum Gasteiger partial charge on any atom is 0.276 e. The van der Waals surface area contributed by atoms with E-state index in [0.717, 1.165) is 4.31 Å². The maximum absolute atomic E-state index is 11.0. The Bertz CT molecular complexity index is 472. The van der Waals surface area contributed by atoms with Crippen LogP contribution in [0.3, 0.4) is 0 Å².